The molecular formula is C22H21BrN4OS2. The van der Waals surface area contributed by atoms with Crippen molar-refractivity contribution in [2.75, 3.05) is 11.9 Å². The number of halogens is 1. The van der Waals surface area contributed by atoms with E-state index in [4.69, 9.17) is 12.2 Å². The number of amides is 1. The first kappa shape index (κ1) is 21.0. The zero-order chi connectivity index (χ0) is 21.1. The van der Waals surface area contributed by atoms with Crippen molar-refractivity contribution in [3.05, 3.63) is 80.7 Å². The highest BCUT2D eigenvalue weighted by Gasteiger charge is 2.40. The van der Waals surface area contributed by atoms with E-state index in [9.17, 15) is 4.79 Å². The number of nitrogens with zero attached hydrogens (tertiary/aromatic N) is 2. The van der Waals surface area contributed by atoms with Crippen LogP contribution in [0, 0.1) is 6.92 Å². The number of pyridine rings is 1. The largest absolute Gasteiger partial charge is 0.352 e. The van der Waals surface area contributed by atoms with Gasteiger partial charge in [0, 0.05) is 39.6 Å². The van der Waals surface area contributed by atoms with Gasteiger partial charge in [0.05, 0.1) is 17.8 Å². The first-order chi connectivity index (χ1) is 14.5. The topological polar surface area (TPSA) is 57.3 Å². The monoisotopic (exact) mass is 500 g/mol. The second kappa shape index (κ2) is 9.24. The van der Waals surface area contributed by atoms with Crippen molar-refractivity contribution >= 4 is 56.2 Å². The lowest BCUT2D eigenvalue weighted by molar-refractivity contribution is -0.116. The van der Waals surface area contributed by atoms with Gasteiger partial charge in [-0.25, -0.2) is 0 Å². The van der Waals surface area contributed by atoms with Crippen LogP contribution in [0.1, 0.15) is 34.6 Å². The molecule has 2 aromatic heterocycles. The molecule has 2 atom stereocenters. The number of thiophene rings is 1. The number of thiocarbonyl (C=S) groups is 1. The van der Waals surface area contributed by atoms with Crippen LogP contribution in [0.5, 0.6) is 0 Å². The van der Waals surface area contributed by atoms with Gasteiger partial charge in [-0.3, -0.25) is 9.78 Å². The van der Waals surface area contributed by atoms with Gasteiger partial charge in [-0.05, 0) is 71.0 Å². The standard InChI is InChI=1S/C22H21BrN4OS2/c1-14-5-4-6-16(11-14)25-19(28)8-10-27-21(18-12-15(23)13-30-18)20(26-22(27)29)17-7-2-3-9-24-17/h2-7,9,11-13,20-21H,8,10H2,1H3,(H,25,28)(H,26,29)/t20-,21-/m0/s1. The minimum absolute atomic E-state index is 0.0181. The summed E-state index contributed by atoms with van der Waals surface area (Å²) in [5, 5.41) is 9.10. The summed E-state index contributed by atoms with van der Waals surface area (Å²) in [7, 11) is 0. The zero-order valence-electron chi connectivity index (χ0n) is 16.3. The smallest absolute Gasteiger partial charge is 0.226 e. The van der Waals surface area contributed by atoms with E-state index in [2.05, 4.69) is 47.9 Å². The van der Waals surface area contributed by atoms with Gasteiger partial charge in [0.15, 0.2) is 5.11 Å². The lowest BCUT2D eigenvalue weighted by Gasteiger charge is -2.26. The molecule has 30 heavy (non-hydrogen) atoms. The van der Waals surface area contributed by atoms with Gasteiger partial charge in [0.2, 0.25) is 5.91 Å². The number of carbonyl (C=O) groups excluding carboxylic acids is 1. The van der Waals surface area contributed by atoms with Crippen LogP contribution in [0.25, 0.3) is 0 Å². The van der Waals surface area contributed by atoms with E-state index in [1.54, 1.807) is 17.5 Å². The van der Waals surface area contributed by atoms with Gasteiger partial charge >= 0.3 is 0 Å². The van der Waals surface area contributed by atoms with Crippen LogP contribution in [-0.2, 0) is 4.79 Å². The molecule has 8 heteroatoms. The number of nitrogens with one attached hydrogen (secondary N) is 2. The van der Waals surface area contributed by atoms with Gasteiger partial charge in [0.1, 0.15) is 0 Å². The Hall–Kier alpha value is -2.29. The molecule has 5 nitrogen and oxygen atoms in total. The van der Waals surface area contributed by atoms with E-state index < -0.39 is 0 Å². The molecule has 1 aliphatic rings. The fourth-order valence-electron chi connectivity index (χ4n) is 3.61. The number of aromatic nitrogens is 1. The minimum Gasteiger partial charge on any atom is -0.352 e. The lowest BCUT2D eigenvalue weighted by atomic mass is 10.0. The Bertz CT molecular complexity index is 1060. The second-order valence-electron chi connectivity index (χ2n) is 7.15. The van der Waals surface area contributed by atoms with Crippen molar-refractivity contribution in [3.8, 4) is 0 Å². The first-order valence-corrected chi connectivity index (χ1v) is 11.7. The molecule has 0 radical (unpaired) electrons. The van der Waals surface area contributed by atoms with Crippen LogP contribution in [0.3, 0.4) is 0 Å². The van der Waals surface area contributed by atoms with Gasteiger partial charge < -0.3 is 15.5 Å². The molecule has 4 rings (SSSR count). The Morgan fingerprint density at radius 2 is 2.17 bits per heavy atom. The average molecular weight is 501 g/mol. The number of hydrogen-bond acceptors (Lipinski definition) is 4. The maximum absolute atomic E-state index is 12.6. The summed E-state index contributed by atoms with van der Waals surface area (Å²) < 4.78 is 1.04. The summed E-state index contributed by atoms with van der Waals surface area (Å²) in [4.78, 5) is 20.4. The Balaban J connectivity index is 1.51. The highest BCUT2D eigenvalue weighted by Crippen LogP contribution is 2.41. The predicted molar refractivity (Wildman–Crippen MR) is 129 cm³/mol. The summed E-state index contributed by atoms with van der Waals surface area (Å²) in [5.41, 5.74) is 2.85. The summed E-state index contributed by atoms with van der Waals surface area (Å²) in [6.45, 7) is 2.53. The van der Waals surface area contributed by atoms with Crippen molar-refractivity contribution < 1.29 is 4.79 Å². The zero-order valence-corrected chi connectivity index (χ0v) is 19.6. The molecular weight excluding hydrogens is 480 g/mol. The highest BCUT2D eigenvalue weighted by molar-refractivity contribution is 9.10. The fourth-order valence-corrected chi connectivity index (χ4v) is 5.53. The molecule has 0 bridgehead atoms. The SMILES string of the molecule is Cc1cccc(NC(=O)CCN2C(=S)N[C@@H](c3ccccn3)[C@@H]2c2cc(Br)cs2)c1. The van der Waals surface area contributed by atoms with Crippen LogP contribution < -0.4 is 10.6 Å². The third kappa shape index (κ3) is 4.71. The Morgan fingerprint density at radius 1 is 1.30 bits per heavy atom. The molecule has 0 aliphatic carbocycles. The van der Waals surface area contributed by atoms with Gasteiger partial charge in [-0.1, -0.05) is 18.2 Å². The van der Waals surface area contributed by atoms with Crippen LogP contribution in [0.2, 0.25) is 0 Å². The lowest BCUT2D eigenvalue weighted by Crippen LogP contribution is -2.32. The van der Waals surface area contributed by atoms with Crippen LogP contribution in [0.4, 0.5) is 5.69 Å². The molecule has 0 saturated carbocycles. The third-order valence-corrected chi connectivity index (χ3v) is 7.08. The van der Waals surface area contributed by atoms with Crippen molar-refractivity contribution in [3.63, 3.8) is 0 Å². The molecule has 1 amide bonds. The molecule has 0 unspecified atom stereocenters. The van der Waals surface area contributed by atoms with Crippen LogP contribution >= 0.6 is 39.5 Å². The van der Waals surface area contributed by atoms with Gasteiger partial charge in [-0.15, -0.1) is 11.3 Å². The van der Waals surface area contributed by atoms with Crippen molar-refractivity contribution in [1.82, 2.24) is 15.2 Å². The summed E-state index contributed by atoms with van der Waals surface area (Å²) in [6, 6.07) is 15.7. The van der Waals surface area contributed by atoms with Crippen molar-refractivity contribution in [1.29, 1.82) is 0 Å². The van der Waals surface area contributed by atoms with Crippen LogP contribution in [0.15, 0.2) is 64.6 Å². The number of rotatable bonds is 6. The Kier molecular flexibility index (Phi) is 6.46. The Labute approximate surface area is 193 Å². The number of benzene rings is 1. The number of hydrogen-bond donors (Lipinski definition) is 2. The molecule has 0 spiro atoms. The summed E-state index contributed by atoms with van der Waals surface area (Å²) in [6.07, 6.45) is 2.13. The van der Waals surface area contributed by atoms with Gasteiger partial charge in [0.25, 0.3) is 0 Å². The van der Waals surface area contributed by atoms with Crippen molar-refractivity contribution in [2.24, 2.45) is 0 Å². The number of anilines is 1. The molecule has 3 heterocycles. The third-order valence-electron chi connectivity index (χ3n) is 4.96. The molecule has 1 saturated heterocycles. The van der Waals surface area contributed by atoms with E-state index in [1.807, 2.05) is 49.4 Å². The van der Waals surface area contributed by atoms with Gasteiger partial charge in [-0.2, -0.15) is 0 Å². The summed E-state index contributed by atoms with van der Waals surface area (Å²) >= 11 is 10.9. The molecule has 2 N–H and O–H groups in total. The average Bonchev–Trinajstić information content (AvgIpc) is 3.30. The van der Waals surface area contributed by atoms with E-state index in [-0.39, 0.29) is 18.0 Å². The highest BCUT2D eigenvalue weighted by atomic mass is 79.9. The molecule has 1 fully saturated rings. The second-order valence-corrected chi connectivity index (χ2v) is 9.40. The quantitative estimate of drug-likeness (QED) is 0.454. The maximum Gasteiger partial charge on any atom is 0.226 e. The molecule has 3 aromatic rings. The maximum atomic E-state index is 12.6. The first-order valence-electron chi connectivity index (χ1n) is 9.60. The molecule has 154 valence electrons. The van der Waals surface area contributed by atoms with E-state index in [0.29, 0.717) is 18.1 Å². The van der Waals surface area contributed by atoms with Crippen LogP contribution in [-0.4, -0.2) is 27.4 Å². The van der Waals surface area contributed by atoms with E-state index in [1.165, 1.54) is 4.88 Å². The van der Waals surface area contributed by atoms with E-state index in [0.717, 1.165) is 21.4 Å². The molecule has 1 aliphatic heterocycles. The Morgan fingerprint density at radius 3 is 2.87 bits per heavy atom. The number of aryl methyl sites for hydroxylation is 1. The summed E-state index contributed by atoms with van der Waals surface area (Å²) in [5.74, 6) is -0.0317. The fraction of sp³-hybridized carbons (Fsp3) is 0.227. The predicted octanol–water partition coefficient (Wildman–Crippen LogP) is 5.22. The molecule has 1 aromatic carbocycles. The van der Waals surface area contributed by atoms with E-state index >= 15 is 0 Å². The number of carbonyl (C=O) groups is 1. The normalized spacial score (nSPS) is 18.3. The van der Waals surface area contributed by atoms with Crippen molar-refractivity contribution in [2.45, 2.75) is 25.4 Å². The minimum atomic E-state index is -0.0657.